The number of benzene rings is 8. The van der Waals surface area contributed by atoms with Crippen molar-refractivity contribution in [1.29, 1.82) is 0 Å². The Hall–Kier alpha value is -7.74. The predicted molar refractivity (Wildman–Crippen MR) is 230 cm³/mol. The summed E-state index contributed by atoms with van der Waals surface area (Å²) in [6.45, 7) is 0. The zero-order chi connectivity index (χ0) is 36.7. The maximum absolute atomic E-state index is 6.79. The van der Waals surface area contributed by atoms with Gasteiger partial charge in [-0.15, -0.1) is 0 Å². The van der Waals surface area contributed by atoms with E-state index in [9.17, 15) is 0 Å². The SMILES string of the molecule is C1=C=CC(c2nc(-c3ccccc3)nc3c2oc2ccc(-c4ccc(-c5ccc6c7ccccc7c7ccccc7c6c5)c5c4oc4ccccc45)cc23)=CC=1. The molecule has 0 spiro atoms. The van der Waals surface area contributed by atoms with Crippen LogP contribution in [0.5, 0.6) is 0 Å². The zero-order valence-corrected chi connectivity index (χ0v) is 29.9. The molecule has 1 aliphatic carbocycles. The van der Waals surface area contributed by atoms with Crippen LogP contribution < -0.4 is 0 Å². The third kappa shape index (κ3) is 4.55. The maximum Gasteiger partial charge on any atom is 0.180 e. The standard InChI is InChI=1S/C52H28N2O2/c1-3-13-31(14-4-1)48-51-49(54-52(53-48)32-15-5-2-6-16-32)44-30-34(24-28-46(44)56-51)36-27-26-35(47-42-21-11-12-22-45(42)55-50(36)47)33-23-25-41-39-19-8-7-17-37(39)38-18-9-10-20-40(38)43(41)29-33/h2-3,5-30H. The van der Waals surface area contributed by atoms with E-state index < -0.39 is 0 Å². The van der Waals surface area contributed by atoms with E-state index in [1.165, 1.54) is 32.3 Å². The van der Waals surface area contributed by atoms with Gasteiger partial charge in [-0.25, -0.2) is 9.97 Å². The van der Waals surface area contributed by atoms with Crippen LogP contribution in [-0.4, -0.2) is 9.97 Å². The lowest BCUT2D eigenvalue weighted by molar-refractivity contribution is 0.664. The third-order valence-corrected chi connectivity index (χ3v) is 11.2. The molecule has 0 fully saturated rings. The summed E-state index contributed by atoms with van der Waals surface area (Å²) >= 11 is 0. The van der Waals surface area contributed by atoms with Crippen LogP contribution in [0.4, 0.5) is 0 Å². The number of rotatable bonds is 4. The van der Waals surface area contributed by atoms with Crippen molar-refractivity contribution in [3.8, 4) is 33.6 Å². The van der Waals surface area contributed by atoms with Crippen LogP contribution in [0.25, 0.3) is 116 Å². The minimum Gasteiger partial charge on any atom is -0.455 e. The lowest BCUT2D eigenvalue weighted by Gasteiger charge is -2.13. The number of allylic oxidation sites excluding steroid dienone is 4. The highest BCUT2D eigenvalue weighted by Crippen LogP contribution is 2.45. The Morgan fingerprint density at radius 3 is 1.80 bits per heavy atom. The largest absolute Gasteiger partial charge is 0.455 e. The Morgan fingerprint density at radius 2 is 1.04 bits per heavy atom. The minimum absolute atomic E-state index is 0.634. The second-order valence-corrected chi connectivity index (χ2v) is 14.3. The number of hydrogen-bond acceptors (Lipinski definition) is 4. The molecule has 258 valence electrons. The lowest BCUT2D eigenvalue weighted by Crippen LogP contribution is -1.96. The summed E-state index contributed by atoms with van der Waals surface area (Å²) in [7, 11) is 0. The van der Waals surface area contributed by atoms with Crippen molar-refractivity contribution in [2.75, 3.05) is 0 Å². The van der Waals surface area contributed by atoms with E-state index >= 15 is 0 Å². The van der Waals surface area contributed by atoms with Gasteiger partial charge in [-0.1, -0.05) is 133 Å². The summed E-state index contributed by atoms with van der Waals surface area (Å²) < 4.78 is 13.3. The fourth-order valence-electron chi connectivity index (χ4n) is 8.59. The van der Waals surface area contributed by atoms with Crippen LogP contribution in [0.1, 0.15) is 5.69 Å². The van der Waals surface area contributed by atoms with E-state index in [-0.39, 0.29) is 0 Å². The van der Waals surface area contributed by atoms with Crippen molar-refractivity contribution in [3.63, 3.8) is 0 Å². The lowest BCUT2D eigenvalue weighted by atomic mass is 9.90. The molecule has 0 N–H and O–H groups in total. The van der Waals surface area contributed by atoms with Gasteiger partial charge in [0.25, 0.3) is 0 Å². The van der Waals surface area contributed by atoms with Crippen LogP contribution >= 0.6 is 0 Å². The van der Waals surface area contributed by atoms with Gasteiger partial charge in [0.2, 0.25) is 0 Å². The first-order chi connectivity index (χ1) is 27.8. The summed E-state index contributed by atoms with van der Waals surface area (Å²) in [4.78, 5) is 10.1. The average Bonchev–Trinajstić information content (AvgIpc) is 3.85. The molecule has 56 heavy (non-hydrogen) atoms. The van der Waals surface area contributed by atoms with Gasteiger partial charge in [-0.05, 0) is 97.6 Å². The summed E-state index contributed by atoms with van der Waals surface area (Å²) in [5.74, 6) is 0.634. The van der Waals surface area contributed by atoms with Crippen molar-refractivity contribution in [1.82, 2.24) is 9.97 Å². The van der Waals surface area contributed by atoms with Crippen LogP contribution in [0, 0.1) is 0 Å². The predicted octanol–water partition coefficient (Wildman–Crippen LogP) is 14.0. The van der Waals surface area contributed by atoms with Crippen molar-refractivity contribution in [2.24, 2.45) is 0 Å². The molecule has 0 saturated carbocycles. The molecule has 0 atom stereocenters. The van der Waals surface area contributed by atoms with Crippen LogP contribution in [0.2, 0.25) is 0 Å². The molecule has 0 aliphatic heterocycles. The van der Waals surface area contributed by atoms with E-state index in [1.807, 2.05) is 60.7 Å². The number of nitrogens with zero attached hydrogens (tertiary/aromatic N) is 2. The van der Waals surface area contributed by atoms with Gasteiger partial charge in [0.15, 0.2) is 11.4 Å². The van der Waals surface area contributed by atoms with Crippen molar-refractivity contribution >= 4 is 81.9 Å². The first kappa shape index (κ1) is 30.7. The molecule has 4 nitrogen and oxygen atoms in total. The Labute approximate surface area is 320 Å². The highest BCUT2D eigenvalue weighted by molar-refractivity contribution is 6.26. The van der Waals surface area contributed by atoms with Gasteiger partial charge in [0.1, 0.15) is 28.0 Å². The topological polar surface area (TPSA) is 52.1 Å². The molecule has 0 saturated heterocycles. The van der Waals surface area contributed by atoms with Crippen molar-refractivity contribution in [2.45, 2.75) is 0 Å². The van der Waals surface area contributed by atoms with E-state index in [0.717, 1.165) is 77.5 Å². The normalized spacial score (nSPS) is 12.7. The molecule has 3 heterocycles. The Morgan fingerprint density at radius 1 is 0.429 bits per heavy atom. The number of furan rings is 2. The van der Waals surface area contributed by atoms with Gasteiger partial charge in [-0.2, -0.15) is 0 Å². The van der Waals surface area contributed by atoms with Gasteiger partial charge in [0, 0.05) is 32.9 Å². The maximum atomic E-state index is 6.79. The van der Waals surface area contributed by atoms with Gasteiger partial charge in [0.05, 0.1) is 0 Å². The second kappa shape index (κ2) is 11.9. The van der Waals surface area contributed by atoms with E-state index in [2.05, 4.69) is 121 Å². The molecular weight excluding hydrogens is 685 g/mol. The van der Waals surface area contributed by atoms with E-state index in [4.69, 9.17) is 18.8 Å². The second-order valence-electron chi connectivity index (χ2n) is 14.3. The van der Waals surface area contributed by atoms with Crippen LogP contribution in [0.15, 0.2) is 190 Å². The van der Waals surface area contributed by atoms with Gasteiger partial charge >= 0.3 is 0 Å². The molecule has 0 unspecified atom stereocenters. The van der Waals surface area contributed by atoms with E-state index in [1.54, 1.807) is 0 Å². The summed E-state index contributed by atoms with van der Waals surface area (Å²) in [6, 6.07) is 53.5. The Bertz CT molecular complexity index is 3570. The Kier molecular flexibility index (Phi) is 6.51. The molecule has 0 bridgehead atoms. The molecule has 3 aromatic heterocycles. The molecule has 12 rings (SSSR count). The summed E-state index contributed by atoms with van der Waals surface area (Å²) in [6.07, 6.45) is 5.71. The van der Waals surface area contributed by atoms with E-state index in [0.29, 0.717) is 11.4 Å². The highest BCUT2D eigenvalue weighted by Gasteiger charge is 2.22. The number of aromatic nitrogens is 2. The third-order valence-electron chi connectivity index (χ3n) is 11.2. The average molecular weight is 713 g/mol. The van der Waals surface area contributed by atoms with Crippen LogP contribution in [-0.2, 0) is 0 Å². The minimum atomic E-state index is 0.634. The molecule has 1 aliphatic rings. The highest BCUT2D eigenvalue weighted by atomic mass is 16.3. The quantitative estimate of drug-likeness (QED) is 0.135. The zero-order valence-electron chi connectivity index (χ0n) is 29.9. The monoisotopic (exact) mass is 712 g/mol. The Balaban J connectivity index is 1.09. The first-order valence-corrected chi connectivity index (χ1v) is 18.7. The van der Waals surface area contributed by atoms with Gasteiger partial charge < -0.3 is 8.83 Å². The van der Waals surface area contributed by atoms with Crippen molar-refractivity contribution < 1.29 is 8.83 Å². The number of para-hydroxylation sites is 1. The fraction of sp³-hybridized carbons (Fsp3) is 0. The molecule has 0 radical (unpaired) electrons. The molecule has 4 heteroatoms. The smallest absolute Gasteiger partial charge is 0.180 e. The number of fused-ring (bicyclic) bond motifs is 12. The molecule has 0 amide bonds. The number of hydrogen-bond donors (Lipinski definition) is 0. The fourth-order valence-corrected chi connectivity index (χ4v) is 8.59. The van der Waals surface area contributed by atoms with Gasteiger partial charge in [-0.3, -0.25) is 0 Å². The molecular formula is C52H28N2O2. The molecule has 11 aromatic rings. The summed E-state index contributed by atoms with van der Waals surface area (Å²) in [5, 5.41) is 10.6. The van der Waals surface area contributed by atoms with Crippen molar-refractivity contribution in [3.05, 3.63) is 187 Å². The molecule has 8 aromatic carbocycles. The first-order valence-electron chi connectivity index (χ1n) is 18.7. The summed E-state index contributed by atoms with van der Waals surface area (Å²) in [5.41, 5.74) is 16.7. The van der Waals surface area contributed by atoms with Crippen LogP contribution in [0.3, 0.4) is 0 Å².